The van der Waals surface area contributed by atoms with Crippen molar-refractivity contribution >= 4 is 35.9 Å². The van der Waals surface area contributed by atoms with Crippen LogP contribution in [0.25, 0.3) is 0 Å². The van der Waals surface area contributed by atoms with Crippen molar-refractivity contribution in [1.29, 1.82) is 0 Å². The van der Waals surface area contributed by atoms with E-state index in [0.717, 1.165) is 51.3 Å². The van der Waals surface area contributed by atoms with Gasteiger partial charge in [-0.15, -0.1) is 24.0 Å². The summed E-state index contributed by atoms with van der Waals surface area (Å²) >= 11 is 0. The lowest BCUT2D eigenvalue weighted by atomic mass is 10.1. The molecule has 0 saturated heterocycles. The maximum Gasteiger partial charge on any atom is 0.305 e. The number of rotatable bonds is 13. The fourth-order valence-electron chi connectivity index (χ4n) is 2.82. The number of carbonyl (C=O) groups excluding carboxylic acids is 1. The highest BCUT2D eigenvalue weighted by atomic mass is 127. The van der Waals surface area contributed by atoms with Crippen LogP contribution in [0, 0.1) is 0 Å². The molecule has 7 heteroatoms. The summed E-state index contributed by atoms with van der Waals surface area (Å²) in [5.41, 5.74) is 0. The van der Waals surface area contributed by atoms with Crippen molar-refractivity contribution in [1.82, 2.24) is 15.5 Å². The predicted molar refractivity (Wildman–Crippen MR) is 121 cm³/mol. The highest BCUT2D eigenvalue weighted by molar-refractivity contribution is 14.0. The number of ether oxygens (including phenoxy) is 1. The molecule has 6 nitrogen and oxygen atoms in total. The molecule has 0 aliphatic carbocycles. The summed E-state index contributed by atoms with van der Waals surface area (Å²) in [7, 11) is 1.80. The second-order valence-electron chi connectivity index (χ2n) is 6.82. The number of nitrogens with one attached hydrogen (secondary N) is 2. The highest BCUT2D eigenvalue weighted by Gasteiger charge is 2.12. The summed E-state index contributed by atoms with van der Waals surface area (Å²) in [5.74, 6) is 0.779. The van der Waals surface area contributed by atoms with Gasteiger partial charge in [-0.1, -0.05) is 12.8 Å². The molecule has 0 radical (unpaired) electrons. The van der Waals surface area contributed by atoms with Gasteiger partial charge in [0.1, 0.15) is 0 Å². The summed E-state index contributed by atoms with van der Waals surface area (Å²) < 4.78 is 4.92. The third-order valence-electron chi connectivity index (χ3n) is 4.12. The van der Waals surface area contributed by atoms with E-state index in [1.54, 1.807) is 7.05 Å². The van der Waals surface area contributed by atoms with Crippen LogP contribution in [0.1, 0.15) is 66.7 Å². The smallest absolute Gasteiger partial charge is 0.305 e. The fraction of sp³-hybridized carbons (Fsp3) is 0.895. The molecule has 0 bridgehead atoms. The second kappa shape index (κ2) is 17.8. The van der Waals surface area contributed by atoms with Crippen LogP contribution >= 0.6 is 24.0 Å². The van der Waals surface area contributed by atoms with Gasteiger partial charge in [0.25, 0.3) is 0 Å². The molecule has 0 saturated carbocycles. The minimum Gasteiger partial charge on any atom is -0.466 e. The predicted octanol–water partition coefficient (Wildman–Crippen LogP) is 3.40. The zero-order valence-electron chi connectivity index (χ0n) is 17.6. The number of guanidine groups is 1. The Morgan fingerprint density at radius 2 is 1.58 bits per heavy atom. The van der Waals surface area contributed by atoms with Crippen molar-refractivity contribution in [2.45, 2.75) is 78.8 Å². The number of nitrogens with zero attached hydrogens (tertiary/aromatic N) is 2. The molecule has 0 aliphatic heterocycles. The van der Waals surface area contributed by atoms with Crippen molar-refractivity contribution in [2.24, 2.45) is 4.99 Å². The van der Waals surface area contributed by atoms with Crippen LogP contribution in [0.15, 0.2) is 4.99 Å². The van der Waals surface area contributed by atoms with Gasteiger partial charge < -0.3 is 15.4 Å². The third-order valence-corrected chi connectivity index (χ3v) is 4.12. The average molecular weight is 484 g/mol. The first-order valence-electron chi connectivity index (χ1n) is 9.78. The third kappa shape index (κ3) is 14.6. The molecule has 0 aromatic heterocycles. The minimum absolute atomic E-state index is 0. The minimum atomic E-state index is -0.0814. The second-order valence-corrected chi connectivity index (χ2v) is 6.82. The maximum atomic E-state index is 11.2. The molecule has 0 atom stereocenters. The molecule has 0 heterocycles. The Kier molecular flexibility index (Phi) is 19.0. The molecule has 0 unspecified atom stereocenters. The van der Waals surface area contributed by atoms with Gasteiger partial charge in [-0.05, 0) is 47.5 Å². The van der Waals surface area contributed by atoms with Gasteiger partial charge in [-0.25, -0.2) is 0 Å². The maximum absolute atomic E-state index is 11.2. The van der Waals surface area contributed by atoms with E-state index in [1.807, 2.05) is 6.92 Å². The topological polar surface area (TPSA) is 66.0 Å². The molecular formula is C19H41IN4O2. The largest absolute Gasteiger partial charge is 0.466 e. The SMILES string of the molecule is CCOC(=O)CCCCCCNC(=NC)NCCN(C(C)C)C(C)C.I. The summed E-state index contributed by atoms with van der Waals surface area (Å²) in [6, 6.07) is 1.10. The van der Waals surface area contributed by atoms with Crippen LogP contribution in [-0.2, 0) is 9.53 Å². The van der Waals surface area contributed by atoms with E-state index < -0.39 is 0 Å². The van der Waals surface area contributed by atoms with Gasteiger partial charge in [-0.3, -0.25) is 14.7 Å². The zero-order valence-corrected chi connectivity index (χ0v) is 20.0. The summed E-state index contributed by atoms with van der Waals surface area (Å²) in [6.45, 7) is 14.0. The van der Waals surface area contributed by atoms with Crippen LogP contribution in [0.3, 0.4) is 0 Å². The van der Waals surface area contributed by atoms with E-state index in [9.17, 15) is 4.79 Å². The van der Waals surface area contributed by atoms with Crippen LogP contribution in [-0.4, -0.2) is 62.2 Å². The Labute approximate surface area is 177 Å². The summed E-state index contributed by atoms with van der Waals surface area (Å²) in [4.78, 5) is 18.0. The normalized spacial score (nSPS) is 11.7. The Balaban J connectivity index is 0. The number of hydrogen-bond donors (Lipinski definition) is 2. The quantitative estimate of drug-likeness (QED) is 0.138. The van der Waals surface area contributed by atoms with Crippen molar-refractivity contribution in [3.63, 3.8) is 0 Å². The molecular weight excluding hydrogens is 443 g/mol. The Hall–Kier alpha value is -0.570. The fourth-order valence-corrected chi connectivity index (χ4v) is 2.82. The van der Waals surface area contributed by atoms with Crippen LogP contribution in [0.5, 0.6) is 0 Å². The summed E-state index contributed by atoms with van der Waals surface area (Å²) in [6.07, 6.45) is 4.69. The first-order valence-corrected chi connectivity index (χ1v) is 9.78. The van der Waals surface area contributed by atoms with Crippen LogP contribution in [0.2, 0.25) is 0 Å². The monoisotopic (exact) mass is 484 g/mol. The van der Waals surface area contributed by atoms with Crippen molar-refractivity contribution in [3.8, 4) is 0 Å². The number of unbranched alkanes of at least 4 members (excludes halogenated alkanes) is 3. The van der Waals surface area contributed by atoms with Crippen LogP contribution in [0.4, 0.5) is 0 Å². The van der Waals surface area contributed by atoms with Crippen molar-refractivity contribution in [2.75, 3.05) is 33.3 Å². The Morgan fingerprint density at radius 3 is 2.12 bits per heavy atom. The lowest BCUT2D eigenvalue weighted by Crippen LogP contribution is -2.45. The first-order chi connectivity index (χ1) is 11.9. The number of hydrogen-bond acceptors (Lipinski definition) is 4. The molecule has 0 aliphatic rings. The van der Waals surface area contributed by atoms with Gasteiger partial charge in [0, 0.05) is 45.2 Å². The molecule has 0 amide bonds. The molecule has 26 heavy (non-hydrogen) atoms. The van der Waals surface area contributed by atoms with E-state index in [0.29, 0.717) is 25.1 Å². The molecule has 156 valence electrons. The summed E-state index contributed by atoms with van der Waals surface area (Å²) in [5, 5.41) is 6.73. The molecule has 2 N–H and O–H groups in total. The van der Waals surface area contributed by atoms with Gasteiger partial charge in [-0.2, -0.15) is 0 Å². The van der Waals surface area contributed by atoms with E-state index in [2.05, 4.69) is 48.2 Å². The van der Waals surface area contributed by atoms with E-state index >= 15 is 0 Å². The number of carbonyl (C=O) groups is 1. The Bertz CT molecular complexity index is 369. The van der Waals surface area contributed by atoms with Crippen LogP contribution < -0.4 is 10.6 Å². The van der Waals surface area contributed by atoms with Gasteiger partial charge >= 0.3 is 5.97 Å². The zero-order chi connectivity index (χ0) is 19.1. The molecule has 0 fully saturated rings. The van der Waals surface area contributed by atoms with Crippen molar-refractivity contribution in [3.05, 3.63) is 0 Å². The van der Waals surface area contributed by atoms with E-state index in [-0.39, 0.29) is 29.9 Å². The molecule has 0 aromatic carbocycles. The Morgan fingerprint density at radius 1 is 1.00 bits per heavy atom. The molecule has 0 aromatic rings. The average Bonchev–Trinajstić information content (AvgIpc) is 2.55. The number of aliphatic imine (C=N–C) groups is 1. The van der Waals surface area contributed by atoms with Gasteiger partial charge in [0.2, 0.25) is 0 Å². The number of halogens is 1. The van der Waals surface area contributed by atoms with Gasteiger partial charge in [0.15, 0.2) is 5.96 Å². The molecule has 0 spiro atoms. The van der Waals surface area contributed by atoms with E-state index in [4.69, 9.17) is 4.74 Å². The van der Waals surface area contributed by atoms with Crippen molar-refractivity contribution < 1.29 is 9.53 Å². The molecule has 0 rings (SSSR count). The lowest BCUT2D eigenvalue weighted by molar-refractivity contribution is -0.143. The highest BCUT2D eigenvalue weighted by Crippen LogP contribution is 2.04. The number of esters is 1. The lowest BCUT2D eigenvalue weighted by Gasteiger charge is -2.30. The first kappa shape index (κ1) is 27.6. The standard InChI is InChI=1S/C19H40N4O2.HI/c1-7-25-18(24)12-10-8-9-11-13-21-19(20-6)22-14-15-23(16(2)3)17(4)5;/h16-17H,7-15H2,1-6H3,(H2,20,21,22);1H. The van der Waals surface area contributed by atoms with Gasteiger partial charge in [0.05, 0.1) is 6.61 Å². The van der Waals surface area contributed by atoms with E-state index in [1.165, 1.54) is 0 Å².